The molecule has 2 rings (SSSR count). The summed E-state index contributed by atoms with van der Waals surface area (Å²) in [5.74, 6) is 0.612. The van der Waals surface area contributed by atoms with E-state index in [-0.39, 0.29) is 0 Å². The molecule has 92 valence electrons. The van der Waals surface area contributed by atoms with E-state index >= 15 is 0 Å². The molecule has 1 aromatic carbocycles. The van der Waals surface area contributed by atoms with Crippen molar-refractivity contribution in [2.24, 2.45) is 0 Å². The van der Waals surface area contributed by atoms with Crippen LogP contribution in [0.15, 0.2) is 18.2 Å². The Morgan fingerprint density at radius 2 is 2.18 bits per heavy atom. The Balaban J connectivity index is 2.24. The molecule has 2 aromatic rings. The van der Waals surface area contributed by atoms with Crippen molar-refractivity contribution in [1.29, 1.82) is 0 Å². The summed E-state index contributed by atoms with van der Waals surface area (Å²) in [5.41, 5.74) is 8.07. The lowest BCUT2D eigenvalue weighted by atomic mass is 10.3. The molecular formula is C12H17IN4. The Morgan fingerprint density at radius 1 is 1.41 bits per heavy atom. The quantitative estimate of drug-likeness (QED) is 0.865. The minimum atomic E-state index is 0.612. The van der Waals surface area contributed by atoms with Gasteiger partial charge in [-0.25, -0.2) is 4.98 Å². The van der Waals surface area contributed by atoms with E-state index in [0.717, 1.165) is 30.5 Å². The van der Waals surface area contributed by atoms with E-state index in [1.807, 2.05) is 0 Å². The van der Waals surface area contributed by atoms with Crippen LogP contribution in [0.2, 0.25) is 0 Å². The minimum Gasteiger partial charge on any atom is -0.369 e. The van der Waals surface area contributed by atoms with E-state index in [9.17, 15) is 0 Å². The summed E-state index contributed by atoms with van der Waals surface area (Å²) in [6.45, 7) is 1.98. The molecule has 0 unspecified atom stereocenters. The first-order valence-corrected chi connectivity index (χ1v) is 6.72. The number of fused-ring (bicyclic) bond motifs is 1. The van der Waals surface area contributed by atoms with Crippen LogP contribution in [0.1, 0.15) is 6.42 Å². The number of benzene rings is 1. The first-order valence-electron chi connectivity index (χ1n) is 5.64. The van der Waals surface area contributed by atoms with Gasteiger partial charge in [-0.3, -0.25) is 0 Å². The molecule has 2 N–H and O–H groups in total. The fourth-order valence-electron chi connectivity index (χ4n) is 1.90. The Bertz CT molecular complexity index is 518. The van der Waals surface area contributed by atoms with Gasteiger partial charge in [0.15, 0.2) is 0 Å². The van der Waals surface area contributed by atoms with Crippen LogP contribution in [0.5, 0.6) is 0 Å². The molecule has 0 atom stereocenters. The number of aryl methyl sites for hydroxylation is 1. The maximum Gasteiger partial charge on any atom is 0.201 e. The molecule has 0 radical (unpaired) electrons. The van der Waals surface area contributed by atoms with Crippen molar-refractivity contribution in [2.45, 2.75) is 13.0 Å². The lowest BCUT2D eigenvalue weighted by molar-refractivity contribution is 0.388. The molecule has 1 heterocycles. The fourth-order valence-corrected chi connectivity index (χ4v) is 2.38. The number of hydrogen-bond donors (Lipinski definition) is 1. The van der Waals surface area contributed by atoms with Gasteiger partial charge >= 0.3 is 0 Å². The lowest BCUT2D eigenvalue weighted by Crippen LogP contribution is -2.15. The summed E-state index contributed by atoms with van der Waals surface area (Å²) in [6, 6.07) is 6.25. The highest BCUT2D eigenvalue weighted by molar-refractivity contribution is 14.1. The normalized spacial score (nSPS) is 11.5. The second kappa shape index (κ2) is 5.22. The third kappa shape index (κ3) is 2.90. The van der Waals surface area contributed by atoms with E-state index in [2.05, 4.69) is 69.3 Å². The molecule has 0 amide bonds. The zero-order chi connectivity index (χ0) is 12.4. The van der Waals surface area contributed by atoms with Crippen LogP contribution in [0.4, 0.5) is 5.95 Å². The minimum absolute atomic E-state index is 0.612. The Morgan fingerprint density at radius 3 is 2.88 bits per heavy atom. The van der Waals surface area contributed by atoms with E-state index in [0.29, 0.717) is 5.95 Å². The standard InChI is InChI=1S/C12H17IN4/c1-16(2)6-3-7-17-11-5-4-9(13)8-10(11)15-12(17)14/h4-5,8H,3,6-7H2,1-2H3,(H2,14,15). The molecule has 4 nitrogen and oxygen atoms in total. The zero-order valence-electron chi connectivity index (χ0n) is 10.2. The Kier molecular flexibility index (Phi) is 3.88. The predicted molar refractivity (Wildman–Crippen MR) is 80.0 cm³/mol. The molecule has 0 aliphatic carbocycles. The zero-order valence-corrected chi connectivity index (χ0v) is 12.3. The molecular weight excluding hydrogens is 327 g/mol. The molecule has 0 bridgehead atoms. The van der Waals surface area contributed by atoms with E-state index in [1.54, 1.807) is 0 Å². The molecule has 1 aromatic heterocycles. The summed E-state index contributed by atoms with van der Waals surface area (Å²) in [4.78, 5) is 6.57. The van der Waals surface area contributed by atoms with Gasteiger partial charge in [0.05, 0.1) is 11.0 Å². The highest BCUT2D eigenvalue weighted by Crippen LogP contribution is 2.20. The highest BCUT2D eigenvalue weighted by Gasteiger charge is 2.07. The third-order valence-corrected chi connectivity index (χ3v) is 3.40. The van der Waals surface area contributed by atoms with Crippen LogP contribution in [0.3, 0.4) is 0 Å². The van der Waals surface area contributed by atoms with E-state index in [1.165, 1.54) is 3.57 Å². The average Bonchev–Trinajstić information content (AvgIpc) is 2.54. The predicted octanol–water partition coefficient (Wildman–Crippen LogP) is 2.17. The van der Waals surface area contributed by atoms with Gasteiger partial charge in [0, 0.05) is 10.1 Å². The monoisotopic (exact) mass is 344 g/mol. The average molecular weight is 344 g/mol. The molecule has 0 saturated heterocycles. The van der Waals surface area contributed by atoms with Gasteiger partial charge in [-0.05, 0) is 67.9 Å². The number of nitrogens with two attached hydrogens (primary N) is 1. The van der Waals surface area contributed by atoms with Gasteiger partial charge in [0.25, 0.3) is 0 Å². The van der Waals surface area contributed by atoms with E-state index in [4.69, 9.17) is 5.73 Å². The molecule has 0 fully saturated rings. The molecule has 17 heavy (non-hydrogen) atoms. The van der Waals surface area contributed by atoms with Crippen molar-refractivity contribution in [3.8, 4) is 0 Å². The largest absolute Gasteiger partial charge is 0.369 e. The third-order valence-electron chi connectivity index (χ3n) is 2.73. The fraction of sp³-hybridized carbons (Fsp3) is 0.417. The van der Waals surface area contributed by atoms with Crippen molar-refractivity contribution in [3.05, 3.63) is 21.8 Å². The summed E-state index contributed by atoms with van der Waals surface area (Å²) in [7, 11) is 4.16. The first kappa shape index (κ1) is 12.6. The highest BCUT2D eigenvalue weighted by atomic mass is 127. The molecule has 0 aliphatic heterocycles. The second-order valence-electron chi connectivity index (χ2n) is 4.41. The number of nitrogen functional groups attached to an aromatic ring is 1. The smallest absolute Gasteiger partial charge is 0.201 e. The maximum absolute atomic E-state index is 5.96. The van der Waals surface area contributed by atoms with E-state index < -0.39 is 0 Å². The molecule has 0 spiro atoms. The van der Waals surface area contributed by atoms with Gasteiger partial charge < -0.3 is 15.2 Å². The van der Waals surface area contributed by atoms with Gasteiger partial charge in [0.1, 0.15) is 0 Å². The van der Waals surface area contributed by atoms with Crippen molar-refractivity contribution < 1.29 is 0 Å². The van der Waals surface area contributed by atoms with Gasteiger partial charge in [-0.2, -0.15) is 0 Å². The number of imidazole rings is 1. The summed E-state index contributed by atoms with van der Waals surface area (Å²) < 4.78 is 3.28. The van der Waals surface area contributed by atoms with Crippen molar-refractivity contribution in [2.75, 3.05) is 26.4 Å². The van der Waals surface area contributed by atoms with Crippen LogP contribution >= 0.6 is 22.6 Å². The molecule has 0 saturated carbocycles. The number of aromatic nitrogens is 2. The van der Waals surface area contributed by atoms with Gasteiger partial charge in [0.2, 0.25) is 5.95 Å². The van der Waals surface area contributed by atoms with Gasteiger partial charge in [-0.1, -0.05) is 0 Å². The number of nitrogens with zero attached hydrogens (tertiary/aromatic N) is 3. The topological polar surface area (TPSA) is 47.1 Å². The van der Waals surface area contributed by atoms with Crippen molar-refractivity contribution in [3.63, 3.8) is 0 Å². The van der Waals surface area contributed by atoms with Crippen LogP contribution in [-0.2, 0) is 6.54 Å². The Hall–Kier alpha value is -0.820. The number of rotatable bonds is 4. The van der Waals surface area contributed by atoms with Crippen LogP contribution in [0, 0.1) is 3.57 Å². The molecule has 5 heteroatoms. The SMILES string of the molecule is CN(C)CCCn1c(N)nc2cc(I)ccc21. The van der Waals surface area contributed by atoms with Crippen LogP contribution in [0.25, 0.3) is 11.0 Å². The maximum atomic E-state index is 5.96. The lowest BCUT2D eigenvalue weighted by Gasteiger charge is -2.10. The Labute approximate surface area is 115 Å². The van der Waals surface area contributed by atoms with Crippen molar-refractivity contribution >= 4 is 39.6 Å². The van der Waals surface area contributed by atoms with Gasteiger partial charge in [-0.15, -0.1) is 0 Å². The number of hydrogen-bond acceptors (Lipinski definition) is 3. The number of halogens is 1. The second-order valence-corrected chi connectivity index (χ2v) is 5.66. The molecule has 0 aliphatic rings. The summed E-state index contributed by atoms with van der Waals surface area (Å²) >= 11 is 2.29. The van der Waals surface area contributed by atoms with Crippen LogP contribution in [-0.4, -0.2) is 35.1 Å². The van der Waals surface area contributed by atoms with Crippen LogP contribution < -0.4 is 5.73 Å². The van der Waals surface area contributed by atoms with Crippen molar-refractivity contribution in [1.82, 2.24) is 14.5 Å². The first-order chi connectivity index (χ1) is 8.08. The number of anilines is 1. The summed E-state index contributed by atoms with van der Waals surface area (Å²) in [6.07, 6.45) is 1.08. The summed E-state index contributed by atoms with van der Waals surface area (Å²) in [5, 5.41) is 0.